The predicted molar refractivity (Wildman–Crippen MR) is 68.8 cm³/mol. The number of nitrogens with zero attached hydrogens (tertiary/aromatic N) is 1. The number of piperidine rings is 1. The van der Waals surface area contributed by atoms with Gasteiger partial charge in [0.05, 0.1) is 6.61 Å². The van der Waals surface area contributed by atoms with Gasteiger partial charge in [0.1, 0.15) is 0 Å². The summed E-state index contributed by atoms with van der Waals surface area (Å²) < 4.78 is 5.28. The van der Waals surface area contributed by atoms with Crippen molar-refractivity contribution in [1.29, 1.82) is 0 Å². The van der Waals surface area contributed by atoms with Crippen molar-refractivity contribution in [3.05, 3.63) is 0 Å². The molecule has 0 aliphatic carbocycles. The molecule has 0 aromatic carbocycles. The standard InChI is InChI=1S/C13H28N2O/c1-3-13-5-9-15(10-6-13)11-7-14-8-12-16-4-2/h13-14H,3-12H2,1-2H3. The van der Waals surface area contributed by atoms with Crippen LogP contribution in [-0.4, -0.2) is 50.8 Å². The Hall–Kier alpha value is -0.120. The molecule has 0 amide bonds. The van der Waals surface area contributed by atoms with E-state index < -0.39 is 0 Å². The number of hydrogen-bond donors (Lipinski definition) is 1. The molecule has 1 heterocycles. The van der Waals surface area contributed by atoms with Gasteiger partial charge in [0.2, 0.25) is 0 Å². The van der Waals surface area contributed by atoms with Crippen molar-refractivity contribution in [3.63, 3.8) is 0 Å². The molecule has 0 bridgehead atoms. The van der Waals surface area contributed by atoms with Crippen LogP contribution < -0.4 is 5.32 Å². The SMILES string of the molecule is CCOCCNCCN1CCC(CC)CC1. The van der Waals surface area contributed by atoms with Crippen molar-refractivity contribution >= 4 is 0 Å². The molecule has 0 aromatic heterocycles. The summed E-state index contributed by atoms with van der Waals surface area (Å²) in [6.07, 6.45) is 4.16. The lowest BCUT2D eigenvalue weighted by Crippen LogP contribution is -2.38. The van der Waals surface area contributed by atoms with Gasteiger partial charge < -0.3 is 15.0 Å². The number of likely N-dealkylation sites (tertiary alicyclic amines) is 1. The second kappa shape index (κ2) is 8.97. The van der Waals surface area contributed by atoms with E-state index >= 15 is 0 Å². The zero-order valence-corrected chi connectivity index (χ0v) is 11.0. The third-order valence-electron chi connectivity index (χ3n) is 3.52. The van der Waals surface area contributed by atoms with Gasteiger partial charge in [0.15, 0.2) is 0 Å². The predicted octanol–water partition coefficient (Wildman–Crippen LogP) is 1.73. The third-order valence-corrected chi connectivity index (χ3v) is 3.52. The molecule has 0 unspecified atom stereocenters. The highest BCUT2D eigenvalue weighted by Gasteiger charge is 2.16. The summed E-state index contributed by atoms with van der Waals surface area (Å²) in [5.41, 5.74) is 0. The summed E-state index contributed by atoms with van der Waals surface area (Å²) in [4.78, 5) is 2.58. The van der Waals surface area contributed by atoms with Gasteiger partial charge in [-0.3, -0.25) is 0 Å². The van der Waals surface area contributed by atoms with Gasteiger partial charge >= 0.3 is 0 Å². The summed E-state index contributed by atoms with van der Waals surface area (Å²) >= 11 is 0. The smallest absolute Gasteiger partial charge is 0.0590 e. The fourth-order valence-corrected chi connectivity index (χ4v) is 2.27. The van der Waals surface area contributed by atoms with Crippen LogP contribution in [0, 0.1) is 5.92 Å². The highest BCUT2D eigenvalue weighted by Crippen LogP contribution is 2.19. The van der Waals surface area contributed by atoms with Crippen LogP contribution in [0.3, 0.4) is 0 Å². The first-order valence-electron chi connectivity index (χ1n) is 6.87. The monoisotopic (exact) mass is 228 g/mol. The zero-order valence-electron chi connectivity index (χ0n) is 11.0. The van der Waals surface area contributed by atoms with Crippen LogP contribution in [0.4, 0.5) is 0 Å². The molecule has 3 heteroatoms. The maximum Gasteiger partial charge on any atom is 0.0590 e. The number of ether oxygens (including phenoxy) is 1. The molecule has 1 aliphatic rings. The molecule has 16 heavy (non-hydrogen) atoms. The van der Waals surface area contributed by atoms with Gasteiger partial charge in [0.25, 0.3) is 0 Å². The van der Waals surface area contributed by atoms with Crippen molar-refractivity contribution in [2.24, 2.45) is 5.92 Å². The van der Waals surface area contributed by atoms with Gasteiger partial charge in [0, 0.05) is 26.2 Å². The molecular formula is C13H28N2O. The highest BCUT2D eigenvalue weighted by atomic mass is 16.5. The van der Waals surface area contributed by atoms with E-state index in [4.69, 9.17) is 4.74 Å². The molecule has 1 fully saturated rings. The van der Waals surface area contributed by atoms with Crippen molar-refractivity contribution in [1.82, 2.24) is 10.2 Å². The van der Waals surface area contributed by atoms with Gasteiger partial charge in [-0.15, -0.1) is 0 Å². The molecular weight excluding hydrogens is 200 g/mol. The first-order chi connectivity index (χ1) is 7.86. The lowest BCUT2D eigenvalue weighted by molar-refractivity contribution is 0.145. The Morgan fingerprint density at radius 1 is 1.19 bits per heavy atom. The summed E-state index contributed by atoms with van der Waals surface area (Å²) in [6.45, 7) is 11.9. The molecule has 3 nitrogen and oxygen atoms in total. The van der Waals surface area contributed by atoms with Crippen molar-refractivity contribution in [2.45, 2.75) is 33.1 Å². The Labute approximate surface area is 101 Å². The van der Waals surface area contributed by atoms with Crippen molar-refractivity contribution in [3.8, 4) is 0 Å². The average molecular weight is 228 g/mol. The van der Waals surface area contributed by atoms with Gasteiger partial charge in [-0.1, -0.05) is 13.3 Å². The fraction of sp³-hybridized carbons (Fsp3) is 1.00. The summed E-state index contributed by atoms with van der Waals surface area (Å²) in [6, 6.07) is 0. The van der Waals surface area contributed by atoms with Crippen LogP contribution in [0.15, 0.2) is 0 Å². The van der Waals surface area contributed by atoms with Gasteiger partial charge in [-0.25, -0.2) is 0 Å². The Morgan fingerprint density at radius 2 is 1.94 bits per heavy atom. The second-order valence-corrected chi connectivity index (χ2v) is 4.64. The second-order valence-electron chi connectivity index (χ2n) is 4.64. The van der Waals surface area contributed by atoms with Crippen LogP contribution in [0.1, 0.15) is 33.1 Å². The summed E-state index contributed by atoms with van der Waals surface area (Å²) in [5.74, 6) is 0.988. The van der Waals surface area contributed by atoms with E-state index in [1.807, 2.05) is 6.92 Å². The van der Waals surface area contributed by atoms with E-state index in [-0.39, 0.29) is 0 Å². The van der Waals surface area contributed by atoms with Crippen LogP contribution in [-0.2, 0) is 4.74 Å². The summed E-state index contributed by atoms with van der Waals surface area (Å²) in [5, 5.41) is 3.43. The number of rotatable bonds is 8. The Kier molecular flexibility index (Phi) is 7.81. The lowest BCUT2D eigenvalue weighted by atomic mass is 9.94. The summed E-state index contributed by atoms with van der Waals surface area (Å²) in [7, 11) is 0. The van der Waals surface area contributed by atoms with Crippen LogP contribution in [0.2, 0.25) is 0 Å². The van der Waals surface area contributed by atoms with Crippen LogP contribution in [0.5, 0.6) is 0 Å². The largest absolute Gasteiger partial charge is 0.380 e. The molecule has 96 valence electrons. The minimum absolute atomic E-state index is 0.826. The third kappa shape index (κ3) is 5.83. The number of nitrogens with one attached hydrogen (secondary N) is 1. The Balaban J connectivity index is 1.90. The van der Waals surface area contributed by atoms with Crippen molar-refractivity contribution in [2.75, 3.05) is 45.9 Å². The lowest BCUT2D eigenvalue weighted by Gasteiger charge is -2.31. The van der Waals surface area contributed by atoms with E-state index in [2.05, 4.69) is 17.1 Å². The topological polar surface area (TPSA) is 24.5 Å². The first-order valence-corrected chi connectivity index (χ1v) is 6.87. The molecule has 1 saturated heterocycles. The van der Waals surface area contributed by atoms with E-state index in [1.165, 1.54) is 38.9 Å². The molecule has 0 spiro atoms. The molecule has 0 saturated carbocycles. The minimum Gasteiger partial charge on any atom is -0.380 e. The first kappa shape index (κ1) is 13.9. The molecule has 0 atom stereocenters. The van der Waals surface area contributed by atoms with E-state index in [9.17, 15) is 0 Å². The molecule has 0 radical (unpaired) electrons. The van der Waals surface area contributed by atoms with E-state index in [1.54, 1.807) is 0 Å². The zero-order chi connectivity index (χ0) is 11.6. The van der Waals surface area contributed by atoms with Gasteiger partial charge in [-0.2, -0.15) is 0 Å². The average Bonchev–Trinajstić information content (AvgIpc) is 2.34. The molecule has 1 aliphatic heterocycles. The molecule has 1 N–H and O–H groups in total. The highest BCUT2D eigenvalue weighted by molar-refractivity contribution is 4.71. The maximum absolute atomic E-state index is 5.28. The number of hydrogen-bond acceptors (Lipinski definition) is 3. The van der Waals surface area contributed by atoms with Crippen molar-refractivity contribution < 1.29 is 4.74 Å². The van der Waals surface area contributed by atoms with E-state index in [0.717, 1.165) is 32.2 Å². The van der Waals surface area contributed by atoms with Crippen LogP contribution >= 0.6 is 0 Å². The fourth-order valence-electron chi connectivity index (χ4n) is 2.27. The quantitative estimate of drug-likeness (QED) is 0.640. The normalized spacial score (nSPS) is 19.1. The maximum atomic E-state index is 5.28. The Bertz CT molecular complexity index is 156. The van der Waals surface area contributed by atoms with Crippen LogP contribution in [0.25, 0.3) is 0 Å². The minimum atomic E-state index is 0.826. The molecule has 0 aromatic rings. The van der Waals surface area contributed by atoms with E-state index in [0.29, 0.717) is 0 Å². The van der Waals surface area contributed by atoms with Gasteiger partial charge in [-0.05, 0) is 38.8 Å². The molecule has 1 rings (SSSR count). The Morgan fingerprint density at radius 3 is 2.56 bits per heavy atom.